The number of hydrogen-bond donors (Lipinski definition) is 0. The molecule has 0 radical (unpaired) electrons. The molecule has 0 amide bonds. The van der Waals surface area contributed by atoms with Crippen molar-refractivity contribution in [1.82, 2.24) is 4.98 Å². The summed E-state index contributed by atoms with van der Waals surface area (Å²) in [4.78, 5) is 27.6. The van der Waals surface area contributed by atoms with E-state index in [2.05, 4.69) is 20.9 Å². The zero-order chi connectivity index (χ0) is 13.8. The molecule has 0 bridgehead atoms. The molecule has 0 atom stereocenters. The van der Waals surface area contributed by atoms with Crippen molar-refractivity contribution in [3.63, 3.8) is 0 Å². The Hall–Kier alpha value is -1.75. The second-order valence-corrected chi connectivity index (χ2v) is 4.77. The molecule has 1 heterocycles. The monoisotopic (exact) mass is 321 g/mol. The Morgan fingerprint density at radius 3 is 2.79 bits per heavy atom. The van der Waals surface area contributed by atoms with Crippen molar-refractivity contribution >= 4 is 38.6 Å². The number of halogens is 1. The van der Waals surface area contributed by atoms with E-state index >= 15 is 0 Å². The molecule has 0 saturated carbocycles. The Bertz CT molecular complexity index is 640. The molecule has 0 spiro atoms. The summed E-state index contributed by atoms with van der Waals surface area (Å²) in [5, 5.41) is 0.932. The minimum Gasteiger partial charge on any atom is -0.466 e. The molecule has 0 aliphatic rings. The fourth-order valence-corrected chi connectivity index (χ4v) is 2.27. The second-order valence-electron chi connectivity index (χ2n) is 3.92. The third-order valence-corrected chi connectivity index (χ3v) is 3.16. The molecule has 19 heavy (non-hydrogen) atoms. The Kier molecular flexibility index (Phi) is 4.27. The number of hydrogen-bond acceptors (Lipinski definition) is 4. The SMILES string of the molecule is CCOC(=O)CC(=O)c1nc2ccccc2cc1Br. The van der Waals surface area contributed by atoms with E-state index < -0.39 is 5.97 Å². The van der Waals surface area contributed by atoms with Crippen LogP contribution in [-0.4, -0.2) is 23.3 Å². The van der Waals surface area contributed by atoms with Crippen molar-refractivity contribution < 1.29 is 14.3 Å². The van der Waals surface area contributed by atoms with Gasteiger partial charge >= 0.3 is 5.97 Å². The number of ether oxygens (including phenoxy) is 1. The van der Waals surface area contributed by atoms with E-state index in [4.69, 9.17) is 4.74 Å². The number of benzene rings is 1. The minimum atomic E-state index is -0.533. The molecule has 0 fully saturated rings. The van der Waals surface area contributed by atoms with E-state index in [0.29, 0.717) is 4.47 Å². The van der Waals surface area contributed by atoms with E-state index in [9.17, 15) is 9.59 Å². The maximum atomic E-state index is 12.0. The number of ketones is 1. The van der Waals surface area contributed by atoms with Crippen molar-refractivity contribution in [2.45, 2.75) is 13.3 Å². The maximum absolute atomic E-state index is 12.0. The van der Waals surface area contributed by atoms with Crippen LogP contribution in [0.15, 0.2) is 34.8 Å². The first-order valence-corrected chi connectivity index (χ1v) is 6.65. The fourth-order valence-electron chi connectivity index (χ4n) is 1.71. The van der Waals surface area contributed by atoms with E-state index in [0.717, 1.165) is 10.9 Å². The van der Waals surface area contributed by atoms with Gasteiger partial charge in [-0.3, -0.25) is 9.59 Å². The molecule has 0 aliphatic heterocycles. The minimum absolute atomic E-state index is 0.256. The molecule has 0 N–H and O–H groups in total. The number of fused-ring (bicyclic) bond motifs is 1. The Balaban J connectivity index is 2.31. The molecule has 98 valence electrons. The molecular weight excluding hydrogens is 310 g/mol. The van der Waals surface area contributed by atoms with Crippen LogP contribution in [0, 0.1) is 0 Å². The number of nitrogens with zero attached hydrogens (tertiary/aromatic N) is 1. The van der Waals surface area contributed by atoms with Gasteiger partial charge in [0.05, 0.1) is 12.1 Å². The lowest BCUT2D eigenvalue weighted by Gasteiger charge is -2.05. The standard InChI is InChI=1S/C14H12BrNO3/c1-2-19-13(18)8-12(17)14-10(15)7-9-5-3-4-6-11(9)16-14/h3-7H,2,8H2,1H3. The van der Waals surface area contributed by atoms with Crippen molar-refractivity contribution in [1.29, 1.82) is 0 Å². The average Bonchev–Trinajstić information content (AvgIpc) is 2.38. The van der Waals surface area contributed by atoms with Gasteiger partial charge in [-0.25, -0.2) is 4.98 Å². The molecule has 4 nitrogen and oxygen atoms in total. The first-order chi connectivity index (χ1) is 9.11. The van der Waals surface area contributed by atoms with Gasteiger partial charge in [0.1, 0.15) is 12.1 Å². The Labute approximate surface area is 118 Å². The van der Waals surface area contributed by atoms with Gasteiger partial charge in [0.25, 0.3) is 0 Å². The highest BCUT2D eigenvalue weighted by atomic mass is 79.9. The van der Waals surface area contributed by atoms with Crippen LogP contribution in [0.1, 0.15) is 23.8 Å². The van der Waals surface area contributed by atoms with Gasteiger partial charge in [-0.05, 0) is 35.0 Å². The summed E-state index contributed by atoms with van der Waals surface area (Å²) in [6.45, 7) is 1.96. The van der Waals surface area contributed by atoms with Crippen LogP contribution >= 0.6 is 15.9 Å². The van der Waals surface area contributed by atoms with Gasteiger partial charge in [-0.15, -0.1) is 0 Å². The van der Waals surface area contributed by atoms with E-state index in [1.165, 1.54) is 0 Å². The maximum Gasteiger partial charge on any atom is 0.313 e. The van der Waals surface area contributed by atoms with Gasteiger partial charge < -0.3 is 4.74 Å². The summed E-state index contributed by atoms with van der Waals surface area (Å²) >= 11 is 3.31. The van der Waals surface area contributed by atoms with Gasteiger partial charge in [0.2, 0.25) is 0 Å². The number of esters is 1. The molecule has 2 rings (SSSR count). The third kappa shape index (κ3) is 3.17. The molecule has 0 aliphatic carbocycles. The number of rotatable bonds is 4. The quantitative estimate of drug-likeness (QED) is 0.493. The van der Waals surface area contributed by atoms with Crippen LogP contribution in [0.2, 0.25) is 0 Å². The van der Waals surface area contributed by atoms with E-state index in [1.807, 2.05) is 30.3 Å². The molecule has 0 saturated heterocycles. The summed E-state index contributed by atoms with van der Waals surface area (Å²) in [6, 6.07) is 9.30. The molecule has 0 unspecified atom stereocenters. The van der Waals surface area contributed by atoms with Crippen LogP contribution in [0.25, 0.3) is 10.9 Å². The van der Waals surface area contributed by atoms with Crippen LogP contribution in [0.5, 0.6) is 0 Å². The van der Waals surface area contributed by atoms with Gasteiger partial charge in [0.15, 0.2) is 5.78 Å². The third-order valence-electron chi connectivity index (χ3n) is 2.55. The predicted molar refractivity (Wildman–Crippen MR) is 75.0 cm³/mol. The topological polar surface area (TPSA) is 56.3 Å². The largest absolute Gasteiger partial charge is 0.466 e. The van der Waals surface area contributed by atoms with Crippen molar-refractivity contribution in [3.05, 3.63) is 40.5 Å². The second kappa shape index (κ2) is 5.93. The van der Waals surface area contributed by atoms with Gasteiger partial charge in [0, 0.05) is 9.86 Å². The summed E-state index contributed by atoms with van der Waals surface area (Å²) < 4.78 is 5.34. The molecule has 2 aromatic rings. The first kappa shape index (κ1) is 13.7. The molecule has 1 aromatic heterocycles. The van der Waals surface area contributed by atoms with E-state index in [1.54, 1.807) is 6.92 Å². The fraction of sp³-hybridized carbons (Fsp3) is 0.214. The van der Waals surface area contributed by atoms with Crippen LogP contribution in [0.4, 0.5) is 0 Å². The molecule has 5 heteroatoms. The lowest BCUT2D eigenvalue weighted by Crippen LogP contribution is -2.13. The normalized spacial score (nSPS) is 10.4. The van der Waals surface area contributed by atoms with Crippen LogP contribution in [0.3, 0.4) is 0 Å². The highest BCUT2D eigenvalue weighted by Gasteiger charge is 2.17. The zero-order valence-electron chi connectivity index (χ0n) is 10.4. The first-order valence-electron chi connectivity index (χ1n) is 5.86. The highest BCUT2D eigenvalue weighted by Crippen LogP contribution is 2.22. The average molecular weight is 322 g/mol. The highest BCUT2D eigenvalue weighted by molar-refractivity contribution is 9.10. The molecule has 1 aromatic carbocycles. The summed E-state index contributed by atoms with van der Waals surface area (Å²) in [6.07, 6.45) is -0.294. The number of pyridine rings is 1. The smallest absolute Gasteiger partial charge is 0.313 e. The summed E-state index contributed by atoms with van der Waals surface area (Å²) in [7, 11) is 0. The Morgan fingerprint density at radius 1 is 1.32 bits per heavy atom. The van der Waals surface area contributed by atoms with E-state index in [-0.39, 0.29) is 24.5 Å². The lowest BCUT2D eigenvalue weighted by atomic mass is 10.1. The van der Waals surface area contributed by atoms with Gasteiger partial charge in [-0.1, -0.05) is 18.2 Å². The van der Waals surface area contributed by atoms with Crippen LogP contribution < -0.4 is 0 Å². The number of aromatic nitrogens is 1. The number of Topliss-reactive ketones (excluding diaryl/α,β-unsaturated/α-hetero) is 1. The predicted octanol–water partition coefficient (Wildman–Crippen LogP) is 3.13. The van der Waals surface area contributed by atoms with Crippen molar-refractivity contribution in [2.75, 3.05) is 6.61 Å². The van der Waals surface area contributed by atoms with Crippen molar-refractivity contribution in [2.24, 2.45) is 0 Å². The van der Waals surface area contributed by atoms with Gasteiger partial charge in [-0.2, -0.15) is 0 Å². The zero-order valence-corrected chi connectivity index (χ0v) is 11.9. The summed E-state index contributed by atoms with van der Waals surface area (Å²) in [5.74, 6) is -0.884. The summed E-state index contributed by atoms with van der Waals surface area (Å²) in [5.41, 5.74) is 0.977. The van der Waals surface area contributed by atoms with Crippen molar-refractivity contribution in [3.8, 4) is 0 Å². The Morgan fingerprint density at radius 2 is 2.05 bits per heavy atom. The number of carbonyl (C=O) groups is 2. The van der Waals surface area contributed by atoms with Crippen LogP contribution in [-0.2, 0) is 9.53 Å². The lowest BCUT2D eigenvalue weighted by molar-refractivity contribution is -0.141. The molecular formula is C14H12BrNO3. The number of carbonyl (C=O) groups excluding carboxylic acids is 2. The number of para-hydroxylation sites is 1.